The van der Waals surface area contributed by atoms with Crippen LogP contribution in [0.3, 0.4) is 0 Å². The number of aromatic amines is 1. The molecule has 2 N–H and O–H groups in total. The summed E-state index contributed by atoms with van der Waals surface area (Å²) in [6.45, 7) is 7.52. The number of imide groups is 1. The largest absolute Gasteiger partial charge is 0.508 e. The normalized spacial score (nSPS) is 24.0. The number of nitrogens with zero attached hydrogens (tertiary/aromatic N) is 3. The number of nitrogens with one attached hydrogen (secondary N) is 1. The Kier molecular flexibility index (Phi) is 5.87. The lowest BCUT2D eigenvalue weighted by molar-refractivity contribution is -0.133. The van der Waals surface area contributed by atoms with Gasteiger partial charge in [0.2, 0.25) is 0 Å². The number of aromatic nitrogens is 1. The zero-order valence-corrected chi connectivity index (χ0v) is 21.5. The number of fused-ring (bicyclic) bond motifs is 4. The number of rotatable bonds is 6. The minimum atomic E-state index is -1.03. The van der Waals surface area contributed by atoms with Crippen molar-refractivity contribution in [2.45, 2.75) is 51.1 Å². The Labute approximate surface area is 216 Å². The highest BCUT2D eigenvalue weighted by molar-refractivity contribution is 6.08. The van der Waals surface area contributed by atoms with Gasteiger partial charge < -0.3 is 19.7 Å². The number of benzene rings is 2. The summed E-state index contributed by atoms with van der Waals surface area (Å²) in [5.74, 6) is 0.747. The highest BCUT2D eigenvalue weighted by Gasteiger charge is 2.60. The molecular formula is C29H34N4O4. The molecule has 8 nitrogen and oxygen atoms in total. The molecule has 2 saturated heterocycles. The first-order valence-electron chi connectivity index (χ1n) is 13.3. The fourth-order valence-electron chi connectivity index (χ4n) is 6.41. The number of phenols is 1. The van der Waals surface area contributed by atoms with Crippen LogP contribution in [0.4, 0.5) is 4.79 Å². The molecule has 4 heterocycles. The van der Waals surface area contributed by atoms with Crippen LogP contribution >= 0.6 is 0 Å². The van der Waals surface area contributed by atoms with Crippen molar-refractivity contribution < 1.29 is 19.4 Å². The quantitative estimate of drug-likeness (QED) is 0.487. The average molecular weight is 503 g/mol. The number of carbonyl (C=O) groups is 2. The van der Waals surface area contributed by atoms with Gasteiger partial charge in [0, 0.05) is 36.1 Å². The predicted molar refractivity (Wildman–Crippen MR) is 141 cm³/mol. The summed E-state index contributed by atoms with van der Waals surface area (Å²) in [5, 5.41) is 11.3. The van der Waals surface area contributed by atoms with Crippen molar-refractivity contribution in [1.82, 2.24) is 19.7 Å². The van der Waals surface area contributed by atoms with Crippen LogP contribution in [-0.2, 0) is 11.2 Å². The predicted octanol–water partition coefficient (Wildman–Crippen LogP) is 4.43. The maximum absolute atomic E-state index is 14.0. The Morgan fingerprint density at radius 1 is 1.08 bits per heavy atom. The van der Waals surface area contributed by atoms with Crippen LogP contribution in [0.2, 0.25) is 0 Å². The first kappa shape index (κ1) is 23.9. The van der Waals surface area contributed by atoms with E-state index in [2.05, 4.69) is 9.88 Å². The van der Waals surface area contributed by atoms with Crippen LogP contribution in [0.15, 0.2) is 42.5 Å². The molecule has 194 valence electrons. The lowest BCUT2D eigenvalue weighted by Gasteiger charge is -2.42. The highest BCUT2D eigenvalue weighted by Crippen LogP contribution is 2.49. The number of aromatic hydroxyl groups is 1. The molecule has 0 aliphatic carbocycles. The number of likely N-dealkylation sites (tertiary alicyclic amines) is 1. The Morgan fingerprint density at radius 3 is 2.65 bits per heavy atom. The van der Waals surface area contributed by atoms with Gasteiger partial charge in [-0.2, -0.15) is 0 Å². The molecule has 0 saturated carbocycles. The number of hydrogen-bond acceptors (Lipinski definition) is 5. The Hall–Kier alpha value is -3.52. The van der Waals surface area contributed by atoms with Gasteiger partial charge in [0.1, 0.15) is 23.1 Å². The Balaban J connectivity index is 1.44. The molecular weight excluding hydrogens is 468 g/mol. The summed E-state index contributed by atoms with van der Waals surface area (Å²) in [6.07, 6.45) is 3.98. The highest BCUT2D eigenvalue weighted by atomic mass is 16.5. The first-order valence-corrected chi connectivity index (χ1v) is 13.3. The van der Waals surface area contributed by atoms with E-state index < -0.39 is 11.6 Å². The molecule has 8 heteroatoms. The minimum absolute atomic E-state index is 0.126. The number of phenolic OH excluding ortho intramolecular Hbond substituents is 1. The third-order valence-corrected chi connectivity index (χ3v) is 8.22. The van der Waals surface area contributed by atoms with Crippen LogP contribution in [0.1, 0.15) is 56.0 Å². The molecule has 0 radical (unpaired) electrons. The lowest BCUT2D eigenvalue weighted by Crippen LogP contribution is -2.53. The number of H-pyrrole nitrogens is 1. The van der Waals surface area contributed by atoms with Gasteiger partial charge in [0.05, 0.1) is 6.61 Å². The molecule has 2 unspecified atom stereocenters. The first-order chi connectivity index (χ1) is 17.9. The van der Waals surface area contributed by atoms with E-state index in [0.29, 0.717) is 26.1 Å². The molecule has 1 aromatic heterocycles. The summed E-state index contributed by atoms with van der Waals surface area (Å²) in [7, 11) is 0. The van der Waals surface area contributed by atoms with E-state index >= 15 is 0 Å². The summed E-state index contributed by atoms with van der Waals surface area (Å²) in [6, 6.07) is 12.1. The second-order valence-corrected chi connectivity index (χ2v) is 10.6. The van der Waals surface area contributed by atoms with Gasteiger partial charge in [-0.15, -0.1) is 0 Å². The standard InChI is InChI=1S/C29H34N4O4/c1-3-37-21-10-11-24-22(17-21)23-18-29(2)27(35)32(15-14-31-12-5-4-6-13-31)28(36)33(29)26(25(23)30-24)19-8-7-9-20(34)16-19/h7-11,16-17,26,30,34H,3-6,12-15,18H2,1-2H3. The van der Waals surface area contributed by atoms with Crippen LogP contribution in [0.25, 0.3) is 10.9 Å². The fourth-order valence-corrected chi connectivity index (χ4v) is 6.41. The summed E-state index contributed by atoms with van der Waals surface area (Å²) >= 11 is 0. The van der Waals surface area contributed by atoms with Crippen molar-refractivity contribution in [2.24, 2.45) is 0 Å². The summed E-state index contributed by atoms with van der Waals surface area (Å²) in [4.78, 5) is 37.0. The average Bonchev–Trinajstić information content (AvgIpc) is 3.33. The molecule has 0 spiro atoms. The molecule has 3 amide bonds. The van der Waals surface area contributed by atoms with Crippen LogP contribution in [-0.4, -0.2) is 75.1 Å². The number of amides is 3. The van der Waals surface area contributed by atoms with Gasteiger partial charge in [-0.3, -0.25) is 14.6 Å². The minimum Gasteiger partial charge on any atom is -0.508 e. The van der Waals surface area contributed by atoms with E-state index in [1.165, 1.54) is 11.3 Å². The molecule has 3 aliphatic heterocycles. The summed E-state index contributed by atoms with van der Waals surface area (Å²) in [5.41, 5.74) is 2.57. The van der Waals surface area contributed by atoms with Crippen LogP contribution in [0, 0.1) is 0 Å². The fraction of sp³-hybridized carbons (Fsp3) is 0.448. The molecule has 2 aromatic carbocycles. The number of piperidine rings is 1. The van der Waals surface area contributed by atoms with E-state index in [0.717, 1.165) is 59.4 Å². The Morgan fingerprint density at radius 2 is 1.89 bits per heavy atom. The van der Waals surface area contributed by atoms with Gasteiger partial charge >= 0.3 is 6.03 Å². The molecule has 2 atom stereocenters. The number of urea groups is 1. The number of carbonyl (C=O) groups excluding carboxylic acids is 2. The molecule has 3 aliphatic rings. The van der Waals surface area contributed by atoms with Gasteiger partial charge in [-0.05, 0) is 81.2 Å². The van der Waals surface area contributed by atoms with Crippen molar-refractivity contribution in [2.75, 3.05) is 32.8 Å². The third-order valence-electron chi connectivity index (χ3n) is 8.22. The number of hydrogen-bond donors (Lipinski definition) is 2. The van der Waals surface area contributed by atoms with Crippen molar-refractivity contribution in [3.05, 3.63) is 59.3 Å². The number of ether oxygens (including phenoxy) is 1. The molecule has 37 heavy (non-hydrogen) atoms. The third kappa shape index (κ3) is 3.85. The smallest absolute Gasteiger partial charge is 0.328 e. The molecule has 0 bridgehead atoms. The van der Waals surface area contributed by atoms with Gasteiger partial charge in [0.25, 0.3) is 5.91 Å². The van der Waals surface area contributed by atoms with Crippen molar-refractivity contribution in [3.8, 4) is 11.5 Å². The van der Waals surface area contributed by atoms with Crippen LogP contribution in [0.5, 0.6) is 11.5 Å². The topological polar surface area (TPSA) is 89.1 Å². The molecule has 2 fully saturated rings. The van der Waals surface area contributed by atoms with E-state index in [-0.39, 0.29) is 17.7 Å². The van der Waals surface area contributed by atoms with E-state index in [1.807, 2.05) is 38.1 Å². The molecule has 6 rings (SSSR count). The second kappa shape index (κ2) is 9.10. The van der Waals surface area contributed by atoms with Gasteiger partial charge in [-0.1, -0.05) is 18.6 Å². The summed E-state index contributed by atoms with van der Waals surface area (Å²) < 4.78 is 5.77. The maximum atomic E-state index is 14.0. The molecule has 3 aromatic rings. The van der Waals surface area contributed by atoms with Crippen molar-refractivity contribution in [3.63, 3.8) is 0 Å². The zero-order valence-electron chi connectivity index (χ0n) is 21.5. The van der Waals surface area contributed by atoms with Crippen LogP contribution < -0.4 is 4.74 Å². The SMILES string of the molecule is CCOc1ccc2[nH]c3c(c2c1)CC1(C)C(=O)N(CCN2CCCCC2)C(=O)N1C3c1cccc(O)c1. The van der Waals surface area contributed by atoms with E-state index in [1.54, 1.807) is 23.1 Å². The monoisotopic (exact) mass is 502 g/mol. The van der Waals surface area contributed by atoms with Crippen molar-refractivity contribution >= 4 is 22.8 Å². The van der Waals surface area contributed by atoms with Crippen molar-refractivity contribution in [1.29, 1.82) is 0 Å². The van der Waals surface area contributed by atoms with Gasteiger partial charge in [0.15, 0.2) is 0 Å². The second-order valence-electron chi connectivity index (χ2n) is 10.6. The maximum Gasteiger partial charge on any atom is 0.328 e. The van der Waals surface area contributed by atoms with E-state index in [4.69, 9.17) is 4.74 Å². The van der Waals surface area contributed by atoms with E-state index in [9.17, 15) is 14.7 Å². The zero-order chi connectivity index (χ0) is 25.7. The lowest BCUT2D eigenvalue weighted by atomic mass is 9.81. The Bertz CT molecular complexity index is 1360. The van der Waals surface area contributed by atoms with Gasteiger partial charge in [-0.25, -0.2) is 4.79 Å².